The molecule has 28 heavy (non-hydrogen) atoms. The molecule has 0 aliphatic heterocycles. The van der Waals surface area contributed by atoms with E-state index in [4.69, 9.17) is 4.42 Å². The third-order valence-electron chi connectivity index (χ3n) is 4.59. The topological polar surface area (TPSA) is 97.1 Å². The van der Waals surface area contributed by atoms with Crippen molar-refractivity contribution >= 4 is 34.9 Å². The van der Waals surface area contributed by atoms with Gasteiger partial charge in [-0.3, -0.25) is 9.59 Å². The number of aromatic nitrogens is 2. The highest BCUT2D eigenvalue weighted by molar-refractivity contribution is 7.99. The maximum Gasteiger partial charge on any atom is 0.277 e. The van der Waals surface area contributed by atoms with E-state index in [1.165, 1.54) is 28.6 Å². The lowest BCUT2D eigenvalue weighted by atomic mass is 9.90. The first kappa shape index (κ1) is 20.9. The van der Waals surface area contributed by atoms with Gasteiger partial charge in [-0.05, 0) is 50.2 Å². The number of carbonyl (C=O) groups is 2. The SMILES string of the molecule is CCCNC(=O)[C@H](C)NC(=O)CSc1nnc(-c2cc3c(s2)CC[C@H](C)C3)o1. The van der Waals surface area contributed by atoms with Crippen LogP contribution in [0.2, 0.25) is 0 Å². The van der Waals surface area contributed by atoms with Crippen molar-refractivity contribution in [2.75, 3.05) is 12.3 Å². The molecule has 2 aromatic rings. The van der Waals surface area contributed by atoms with Crippen molar-refractivity contribution in [1.29, 1.82) is 0 Å². The van der Waals surface area contributed by atoms with Crippen LogP contribution in [0.5, 0.6) is 0 Å². The summed E-state index contributed by atoms with van der Waals surface area (Å²) in [5.74, 6) is 0.905. The molecule has 0 saturated heterocycles. The zero-order valence-corrected chi connectivity index (χ0v) is 18.0. The lowest BCUT2D eigenvalue weighted by Crippen LogP contribution is -2.45. The third kappa shape index (κ3) is 5.35. The van der Waals surface area contributed by atoms with Gasteiger partial charge in [0.05, 0.1) is 10.6 Å². The number of hydrogen-bond acceptors (Lipinski definition) is 7. The van der Waals surface area contributed by atoms with Crippen molar-refractivity contribution in [3.05, 3.63) is 16.5 Å². The lowest BCUT2D eigenvalue weighted by Gasteiger charge is -2.16. The molecule has 0 fully saturated rings. The molecule has 1 aliphatic carbocycles. The summed E-state index contributed by atoms with van der Waals surface area (Å²) in [5, 5.41) is 13.9. The largest absolute Gasteiger partial charge is 0.410 e. The second kappa shape index (κ2) is 9.56. The van der Waals surface area contributed by atoms with E-state index in [2.05, 4.69) is 33.8 Å². The molecule has 0 spiro atoms. The Morgan fingerprint density at radius 1 is 1.43 bits per heavy atom. The van der Waals surface area contributed by atoms with Gasteiger partial charge < -0.3 is 15.1 Å². The summed E-state index contributed by atoms with van der Waals surface area (Å²) in [6, 6.07) is 1.58. The summed E-state index contributed by atoms with van der Waals surface area (Å²) in [7, 11) is 0. The van der Waals surface area contributed by atoms with Crippen molar-refractivity contribution in [2.45, 2.75) is 57.7 Å². The number of nitrogens with zero attached hydrogens (tertiary/aromatic N) is 2. The Morgan fingerprint density at radius 3 is 3.04 bits per heavy atom. The molecule has 0 radical (unpaired) electrons. The number of amides is 2. The van der Waals surface area contributed by atoms with Gasteiger partial charge in [-0.25, -0.2) is 0 Å². The first-order valence-corrected chi connectivity index (χ1v) is 11.4. The zero-order chi connectivity index (χ0) is 20.1. The Bertz CT molecular complexity index is 833. The maximum absolute atomic E-state index is 12.0. The number of thiophene rings is 1. The summed E-state index contributed by atoms with van der Waals surface area (Å²) < 4.78 is 5.72. The molecule has 2 atom stereocenters. The van der Waals surface area contributed by atoms with Crippen molar-refractivity contribution in [1.82, 2.24) is 20.8 Å². The van der Waals surface area contributed by atoms with Crippen molar-refractivity contribution < 1.29 is 14.0 Å². The van der Waals surface area contributed by atoms with Gasteiger partial charge in [0.25, 0.3) is 11.1 Å². The maximum atomic E-state index is 12.0. The second-order valence-corrected chi connectivity index (χ2v) is 9.21. The molecule has 9 heteroatoms. The molecule has 1 aliphatic rings. The fourth-order valence-corrected chi connectivity index (χ4v) is 4.76. The van der Waals surface area contributed by atoms with Gasteiger partial charge in [0, 0.05) is 11.4 Å². The highest BCUT2D eigenvalue weighted by Gasteiger charge is 2.21. The average molecular weight is 423 g/mol. The van der Waals surface area contributed by atoms with E-state index in [1.807, 2.05) is 6.92 Å². The summed E-state index contributed by atoms with van der Waals surface area (Å²) >= 11 is 2.89. The van der Waals surface area contributed by atoms with E-state index in [0.717, 1.165) is 24.1 Å². The number of fused-ring (bicyclic) bond motifs is 1. The minimum absolute atomic E-state index is 0.117. The number of aryl methyl sites for hydroxylation is 1. The molecule has 2 heterocycles. The molecule has 0 saturated carbocycles. The highest BCUT2D eigenvalue weighted by Crippen LogP contribution is 2.37. The van der Waals surface area contributed by atoms with E-state index in [9.17, 15) is 9.59 Å². The van der Waals surface area contributed by atoms with Crippen LogP contribution in [0.1, 0.15) is 44.1 Å². The molecule has 152 valence electrons. The molecule has 0 bridgehead atoms. The van der Waals surface area contributed by atoms with Gasteiger partial charge in [-0.2, -0.15) is 0 Å². The van der Waals surface area contributed by atoms with Crippen LogP contribution in [0.15, 0.2) is 15.7 Å². The zero-order valence-electron chi connectivity index (χ0n) is 16.4. The minimum Gasteiger partial charge on any atom is -0.410 e. The monoisotopic (exact) mass is 422 g/mol. The van der Waals surface area contributed by atoms with Crippen LogP contribution >= 0.6 is 23.1 Å². The second-order valence-electron chi connectivity index (χ2n) is 7.15. The van der Waals surface area contributed by atoms with E-state index in [0.29, 0.717) is 23.6 Å². The molecule has 3 rings (SSSR count). The van der Waals surface area contributed by atoms with Gasteiger partial charge in [0.15, 0.2) is 0 Å². The number of rotatable bonds is 8. The number of thioether (sulfide) groups is 1. The molecule has 7 nitrogen and oxygen atoms in total. The van der Waals surface area contributed by atoms with E-state index < -0.39 is 6.04 Å². The average Bonchev–Trinajstić information content (AvgIpc) is 3.30. The van der Waals surface area contributed by atoms with E-state index >= 15 is 0 Å². The first-order chi connectivity index (χ1) is 13.5. The molecular weight excluding hydrogens is 396 g/mol. The molecule has 2 amide bonds. The summed E-state index contributed by atoms with van der Waals surface area (Å²) in [4.78, 5) is 26.3. The van der Waals surface area contributed by atoms with Crippen LogP contribution in [-0.4, -0.2) is 40.4 Å². The lowest BCUT2D eigenvalue weighted by molar-refractivity contribution is -0.127. The predicted octanol–water partition coefficient (Wildman–Crippen LogP) is 3.05. The van der Waals surface area contributed by atoms with Crippen LogP contribution in [0.3, 0.4) is 0 Å². The van der Waals surface area contributed by atoms with Crippen LogP contribution in [0.25, 0.3) is 10.8 Å². The van der Waals surface area contributed by atoms with Crippen molar-refractivity contribution in [2.24, 2.45) is 5.92 Å². The highest BCUT2D eigenvalue weighted by atomic mass is 32.2. The van der Waals surface area contributed by atoms with Gasteiger partial charge in [0.1, 0.15) is 6.04 Å². The van der Waals surface area contributed by atoms with Gasteiger partial charge >= 0.3 is 0 Å². The molecule has 0 unspecified atom stereocenters. The number of nitrogens with one attached hydrogen (secondary N) is 2. The van der Waals surface area contributed by atoms with Gasteiger partial charge in [0.2, 0.25) is 11.8 Å². The Hall–Kier alpha value is -1.87. The molecule has 0 aromatic carbocycles. The molecule has 2 N–H and O–H groups in total. The molecular formula is C19H26N4O3S2. The quantitative estimate of drug-likeness (QED) is 0.635. The van der Waals surface area contributed by atoms with Crippen molar-refractivity contribution in [3.8, 4) is 10.8 Å². The van der Waals surface area contributed by atoms with Gasteiger partial charge in [-0.15, -0.1) is 21.5 Å². The van der Waals surface area contributed by atoms with E-state index in [-0.39, 0.29) is 17.6 Å². The minimum atomic E-state index is -0.572. The normalized spacial score (nSPS) is 17.0. The molecule has 2 aromatic heterocycles. The standard InChI is InChI=1S/C19H26N4O3S2/c1-4-7-20-17(25)12(3)21-16(24)10-27-19-23-22-18(26-19)15-9-13-8-11(2)5-6-14(13)28-15/h9,11-12H,4-8,10H2,1-3H3,(H,20,25)(H,21,24)/t11-,12-/m0/s1. The van der Waals surface area contributed by atoms with Crippen LogP contribution < -0.4 is 10.6 Å². The van der Waals surface area contributed by atoms with Crippen LogP contribution in [0, 0.1) is 5.92 Å². The van der Waals surface area contributed by atoms with Crippen LogP contribution in [-0.2, 0) is 22.4 Å². The summed E-state index contributed by atoms with van der Waals surface area (Å²) in [5.41, 5.74) is 1.39. The predicted molar refractivity (Wildman–Crippen MR) is 110 cm³/mol. The Kier molecular flexibility index (Phi) is 7.12. The van der Waals surface area contributed by atoms with Crippen molar-refractivity contribution in [3.63, 3.8) is 0 Å². The third-order valence-corrected chi connectivity index (χ3v) is 6.64. The number of hydrogen-bond donors (Lipinski definition) is 2. The first-order valence-electron chi connectivity index (χ1n) is 9.61. The Labute approximate surface area is 173 Å². The summed E-state index contributed by atoms with van der Waals surface area (Å²) in [6.07, 6.45) is 4.29. The smallest absolute Gasteiger partial charge is 0.277 e. The Balaban J connectivity index is 1.51. The Morgan fingerprint density at radius 2 is 2.25 bits per heavy atom. The fourth-order valence-electron chi connectivity index (χ4n) is 3.06. The van der Waals surface area contributed by atoms with Gasteiger partial charge in [-0.1, -0.05) is 25.6 Å². The summed E-state index contributed by atoms with van der Waals surface area (Å²) in [6.45, 7) is 6.52. The van der Waals surface area contributed by atoms with Crippen LogP contribution in [0.4, 0.5) is 0 Å². The van der Waals surface area contributed by atoms with E-state index in [1.54, 1.807) is 18.3 Å². The fraction of sp³-hybridized carbons (Fsp3) is 0.579. The number of carbonyl (C=O) groups excluding carboxylic acids is 2.